The molecule has 2 rings (SSSR count). The zero-order valence-electron chi connectivity index (χ0n) is 11.1. The van der Waals surface area contributed by atoms with Crippen LogP contribution in [-0.4, -0.2) is 37.5 Å². The van der Waals surface area contributed by atoms with Gasteiger partial charge in [-0.2, -0.15) is 0 Å². The third-order valence-electron chi connectivity index (χ3n) is 2.69. The van der Waals surface area contributed by atoms with Gasteiger partial charge >= 0.3 is 5.97 Å². The van der Waals surface area contributed by atoms with Crippen molar-refractivity contribution < 1.29 is 23.9 Å². The number of hydrogen-bond donors (Lipinski definition) is 2. The molecule has 0 saturated carbocycles. The maximum absolute atomic E-state index is 11.8. The number of carbonyl (C=O) groups is 3. The number of benzene rings is 1. The molecule has 0 saturated heterocycles. The van der Waals surface area contributed by atoms with Gasteiger partial charge in [0.25, 0.3) is 5.91 Å². The van der Waals surface area contributed by atoms with Crippen molar-refractivity contribution in [2.45, 2.75) is 0 Å². The van der Waals surface area contributed by atoms with Crippen LogP contribution in [0.3, 0.4) is 0 Å². The normalized spacial score (nSPS) is 12.5. The van der Waals surface area contributed by atoms with E-state index in [1.807, 2.05) is 12.1 Å². The van der Waals surface area contributed by atoms with Gasteiger partial charge in [0.15, 0.2) is 6.61 Å². The Morgan fingerprint density at radius 3 is 2.81 bits per heavy atom. The van der Waals surface area contributed by atoms with Crippen molar-refractivity contribution in [1.29, 1.82) is 0 Å². The van der Waals surface area contributed by atoms with Crippen molar-refractivity contribution in [1.82, 2.24) is 5.32 Å². The number of esters is 1. The van der Waals surface area contributed by atoms with Gasteiger partial charge in [0.1, 0.15) is 12.4 Å². The summed E-state index contributed by atoms with van der Waals surface area (Å²) >= 11 is 0. The number of hydrogen-bond acceptors (Lipinski definition) is 5. The van der Waals surface area contributed by atoms with Crippen LogP contribution in [0, 0.1) is 0 Å². The average molecular weight is 290 g/mol. The Balaban J connectivity index is 1.89. The SMILES string of the molecule is NC(=O)CNC(=O)COC(=O)C1=Cc2ccccc2OC1. The van der Waals surface area contributed by atoms with Crippen LogP contribution >= 0.6 is 0 Å². The summed E-state index contributed by atoms with van der Waals surface area (Å²) < 4.78 is 10.3. The minimum Gasteiger partial charge on any atom is -0.488 e. The number of ether oxygens (including phenoxy) is 2. The number of nitrogens with one attached hydrogen (secondary N) is 1. The fraction of sp³-hybridized carbons (Fsp3) is 0.214. The van der Waals surface area contributed by atoms with Gasteiger partial charge in [0.05, 0.1) is 12.1 Å². The zero-order valence-corrected chi connectivity index (χ0v) is 11.1. The maximum Gasteiger partial charge on any atom is 0.338 e. The smallest absolute Gasteiger partial charge is 0.338 e. The lowest BCUT2D eigenvalue weighted by atomic mass is 10.1. The molecule has 0 atom stereocenters. The first-order valence-electron chi connectivity index (χ1n) is 6.21. The molecule has 1 aliphatic heterocycles. The first kappa shape index (κ1) is 14.6. The van der Waals surface area contributed by atoms with E-state index in [2.05, 4.69) is 5.32 Å². The molecule has 0 radical (unpaired) electrons. The van der Waals surface area contributed by atoms with Crippen molar-refractivity contribution in [3.63, 3.8) is 0 Å². The molecule has 21 heavy (non-hydrogen) atoms. The van der Waals surface area contributed by atoms with Gasteiger partial charge in [-0.15, -0.1) is 0 Å². The Morgan fingerprint density at radius 1 is 1.29 bits per heavy atom. The molecule has 0 aromatic heterocycles. The van der Waals surface area contributed by atoms with Gasteiger partial charge < -0.3 is 20.5 Å². The summed E-state index contributed by atoms with van der Waals surface area (Å²) in [4.78, 5) is 33.6. The molecule has 7 nitrogen and oxygen atoms in total. The Labute approximate surface area is 120 Å². The van der Waals surface area contributed by atoms with Crippen molar-refractivity contribution in [3.8, 4) is 5.75 Å². The third kappa shape index (κ3) is 4.07. The van der Waals surface area contributed by atoms with E-state index in [-0.39, 0.29) is 13.2 Å². The lowest BCUT2D eigenvalue weighted by Gasteiger charge is -2.16. The minimum atomic E-state index is -0.672. The van der Waals surface area contributed by atoms with Crippen molar-refractivity contribution >= 4 is 23.9 Å². The van der Waals surface area contributed by atoms with Crippen molar-refractivity contribution in [3.05, 3.63) is 35.4 Å². The Bertz CT molecular complexity index is 609. The lowest BCUT2D eigenvalue weighted by molar-refractivity contribution is -0.145. The molecule has 0 bridgehead atoms. The van der Waals surface area contributed by atoms with E-state index in [9.17, 15) is 14.4 Å². The summed E-state index contributed by atoms with van der Waals surface area (Å²) in [5.74, 6) is -1.22. The summed E-state index contributed by atoms with van der Waals surface area (Å²) in [5, 5.41) is 2.21. The fourth-order valence-electron chi connectivity index (χ4n) is 1.69. The van der Waals surface area contributed by atoms with E-state index in [1.54, 1.807) is 18.2 Å². The van der Waals surface area contributed by atoms with Gasteiger partial charge in [-0.3, -0.25) is 9.59 Å². The predicted octanol–water partition coefficient (Wildman–Crippen LogP) is -0.393. The van der Waals surface area contributed by atoms with Crippen molar-refractivity contribution in [2.75, 3.05) is 19.8 Å². The molecule has 3 N–H and O–H groups in total. The number of primary amides is 1. The van der Waals surface area contributed by atoms with Gasteiger partial charge in [-0.05, 0) is 12.1 Å². The van der Waals surface area contributed by atoms with E-state index < -0.39 is 24.4 Å². The molecule has 0 aliphatic carbocycles. The summed E-state index contributed by atoms with van der Waals surface area (Å²) in [6.07, 6.45) is 1.66. The van der Waals surface area contributed by atoms with Crippen LogP contribution in [0.1, 0.15) is 5.56 Å². The zero-order chi connectivity index (χ0) is 15.2. The van der Waals surface area contributed by atoms with Gasteiger partial charge in [-0.25, -0.2) is 4.79 Å². The number of nitrogens with two attached hydrogens (primary N) is 1. The van der Waals surface area contributed by atoms with E-state index in [4.69, 9.17) is 15.2 Å². The van der Waals surface area contributed by atoms with Crippen molar-refractivity contribution in [2.24, 2.45) is 5.73 Å². The second kappa shape index (κ2) is 6.56. The Kier molecular flexibility index (Phi) is 4.55. The van der Waals surface area contributed by atoms with Crippen LogP contribution in [0.4, 0.5) is 0 Å². The molecule has 1 aromatic rings. The second-order valence-corrected chi connectivity index (χ2v) is 4.32. The van der Waals surface area contributed by atoms with Gasteiger partial charge in [0.2, 0.25) is 5.91 Å². The van der Waals surface area contributed by atoms with Crippen LogP contribution in [0.5, 0.6) is 5.75 Å². The number of rotatable bonds is 5. The topological polar surface area (TPSA) is 108 Å². The quantitative estimate of drug-likeness (QED) is 0.718. The van der Waals surface area contributed by atoms with E-state index in [0.29, 0.717) is 11.3 Å². The third-order valence-corrected chi connectivity index (χ3v) is 2.69. The van der Waals surface area contributed by atoms with Crippen LogP contribution in [-0.2, 0) is 19.1 Å². The molecule has 0 fully saturated rings. The molecule has 1 aromatic carbocycles. The standard InChI is InChI=1S/C14H14N2O5/c15-12(17)6-16-13(18)8-21-14(19)10-5-9-3-1-2-4-11(9)20-7-10/h1-5H,6-8H2,(H2,15,17)(H,16,18). The number of amides is 2. The van der Waals surface area contributed by atoms with Gasteiger partial charge in [-0.1, -0.05) is 18.2 Å². The Hall–Kier alpha value is -2.83. The number of para-hydroxylation sites is 1. The summed E-state index contributed by atoms with van der Waals surface area (Å²) in [6, 6.07) is 7.26. The summed E-state index contributed by atoms with van der Waals surface area (Å²) in [6.45, 7) is -0.695. The first-order valence-corrected chi connectivity index (χ1v) is 6.21. The van der Waals surface area contributed by atoms with Crippen LogP contribution in [0.25, 0.3) is 6.08 Å². The molecule has 1 aliphatic rings. The average Bonchev–Trinajstić information content (AvgIpc) is 2.50. The highest BCUT2D eigenvalue weighted by molar-refractivity contribution is 5.96. The van der Waals surface area contributed by atoms with Gasteiger partial charge in [0, 0.05) is 5.56 Å². The molecule has 0 unspecified atom stereocenters. The maximum atomic E-state index is 11.8. The molecule has 1 heterocycles. The second-order valence-electron chi connectivity index (χ2n) is 4.32. The summed E-state index contributed by atoms with van der Waals surface area (Å²) in [5.41, 5.74) is 5.96. The van der Waals surface area contributed by atoms with E-state index in [0.717, 1.165) is 5.56 Å². The monoisotopic (exact) mass is 290 g/mol. The van der Waals surface area contributed by atoms with E-state index >= 15 is 0 Å². The first-order chi connectivity index (χ1) is 10.1. The molecular weight excluding hydrogens is 276 g/mol. The highest BCUT2D eigenvalue weighted by atomic mass is 16.5. The minimum absolute atomic E-state index is 0.0821. The molecule has 2 amide bonds. The van der Waals surface area contributed by atoms with Crippen LogP contribution < -0.4 is 15.8 Å². The van der Waals surface area contributed by atoms with Crippen LogP contribution in [0.15, 0.2) is 29.8 Å². The highest BCUT2D eigenvalue weighted by Gasteiger charge is 2.19. The molecule has 7 heteroatoms. The molecular formula is C14H14N2O5. The number of fused-ring (bicyclic) bond motifs is 1. The number of carbonyl (C=O) groups excluding carboxylic acids is 3. The summed E-state index contributed by atoms with van der Waals surface area (Å²) in [7, 11) is 0. The molecule has 0 spiro atoms. The van der Waals surface area contributed by atoms with Crippen LogP contribution in [0.2, 0.25) is 0 Å². The highest BCUT2D eigenvalue weighted by Crippen LogP contribution is 2.25. The fourth-order valence-corrected chi connectivity index (χ4v) is 1.69. The lowest BCUT2D eigenvalue weighted by Crippen LogP contribution is -2.36. The Morgan fingerprint density at radius 2 is 2.05 bits per heavy atom. The largest absolute Gasteiger partial charge is 0.488 e. The van der Waals surface area contributed by atoms with E-state index in [1.165, 1.54) is 0 Å². The molecule has 110 valence electrons. The predicted molar refractivity (Wildman–Crippen MR) is 73.1 cm³/mol.